The molecule has 0 atom stereocenters. The molecule has 0 aliphatic carbocycles. The minimum absolute atomic E-state index is 0.583. The molecule has 102 valence electrons. The van der Waals surface area contributed by atoms with Crippen molar-refractivity contribution in [3.63, 3.8) is 0 Å². The smallest absolute Gasteiger partial charge is 0.0718 e. The van der Waals surface area contributed by atoms with E-state index in [0.29, 0.717) is 0 Å². The van der Waals surface area contributed by atoms with Crippen LogP contribution in [0.3, 0.4) is 0 Å². The van der Waals surface area contributed by atoms with Gasteiger partial charge in [-0.1, -0.05) is 0 Å². The Morgan fingerprint density at radius 3 is 2.39 bits per heavy atom. The summed E-state index contributed by atoms with van der Waals surface area (Å²) in [7, 11) is 0. The SMILES string of the molecule is CC(C)(O)CN1CCN(Cc2cc(Br)cs2)CC1. The summed E-state index contributed by atoms with van der Waals surface area (Å²) in [6.45, 7) is 9.85. The number of halogens is 1. The number of β-amino-alcohol motifs (C(OH)–C–C–N with tert-alkyl or cyclic N) is 1. The van der Waals surface area contributed by atoms with Gasteiger partial charge in [0.05, 0.1) is 5.60 Å². The predicted octanol–water partition coefficient (Wildman–Crippen LogP) is 2.40. The average molecular weight is 333 g/mol. The highest BCUT2D eigenvalue weighted by Gasteiger charge is 2.22. The third-order valence-corrected chi connectivity index (χ3v) is 4.76. The molecule has 1 N–H and O–H groups in total. The standard InChI is InChI=1S/C13H21BrN2OS/c1-13(2,17)10-16-5-3-15(4-6-16)8-12-7-11(14)9-18-12/h7,9,17H,3-6,8,10H2,1-2H3. The van der Waals surface area contributed by atoms with Crippen molar-refractivity contribution < 1.29 is 5.11 Å². The molecule has 0 amide bonds. The number of thiophene rings is 1. The highest BCUT2D eigenvalue weighted by Crippen LogP contribution is 2.21. The summed E-state index contributed by atoms with van der Waals surface area (Å²) in [4.78, 5) is 6.25. The van der Waals surface area contributed by atoms with Gasteiger partial charge in [-0.3, -0.25) is 9.80 Å². The molecule has 0 aromatic carbocycles. The van der Waals surface area contributed by atoms with Gasteiger partial charge < -0.3 is 5.11 Å². The number of nitrogens with zero attached hydrogens (tertiary/aromatic N) is 2. The molecular formula is C13H21BrN2OS. The molecule has 2 heterocycles. The van der Waals surface area contributed by atoms with Crippen LogP contribution in [0.15, 0.2) is 15.9 Å². The van der Waals surface area contributed by atoms with Gasteiger partial charge in [-0.15, -0.1) is 11.3 Å². The van der Waals surface area contributed by atoms with Crippen molar-refractivity contribution >= 4 is 27.3 Å². The quantitative estimate of drug-likeness (QED) is 0.917. The average Bonchev–Trinajstić information content (AvgIpc) is 2.65. The maximum absolute atomic E-state index is 9.81. The van der Waals surface area contributed by atoms with Crippen LogP contribution in [0, 0.1) is 0 Å². The number of hydrogen-bond acceptors (Lipinski definition) is 4. The van der Waals surface area contributed by atoms with Gasteiger partial charge in [0.15, 0.2) is 0 Å². The fourth-order valence-corrected chi connectivity index (χ4v) is 3.80. The van der Waals surface area contributed by atoms with Crippen molar-refractivity contribution in [1.82, 2.24) is 9.80 Å². The number of hydrogen-bond donors (Lipinski definition) is 1. The van der Waals surface area contributed by atoms with E-state index >= 15 is 0 Å². The predicted molar refractivity (Wildman–Crippen MR) is 80.0 cm³/mol. The first kappa shape index (κ1) is 14.5. The molecule has 1 saturated heterocycles. The molecule has 5 heteroatoms. The van der Waals surface area contributed by atoms with Crippen LogP contribution in [0.5, 0.6) is 0 Å². The lowest BCUT2D eigenvalue weighted by Crippen LogP contribution is -2.50. The minimum atomic E-state index is -0.583. The third-order valence-electron chi connectivity index (χ3n) is 3.08. The molecule has 0 radical (unpaired) electrons. The number of aliphatic hydroxyl groups is 1. The molecule has 1 aliphatic rings. The third kappa shape index (κ3) is 4.63. The zero-order valence-corrected chi connectivity index (χ0v) is 13.4. The highest BCUT2D eigenvalue weighted by molar-refractivity contribution is 9.10. The summed E-state index contributed by atoms with van der Waals surface area (Å²) in [5, 5.41) is 12.0. The summed E-state index contributed by atoms with van der Waals surface area (Å²) < 4.78 is 1.18. The van der Waals surface area contributed by atoms with E-state index in [0.717, 1.165) is 39.3 Å². The zero-order valence-electron chi connectivity index (χ0n) is 11.0. The van der Waals surface area contributed by atoms with E-state index in [4.69, 9.17) is 0 Å². The van der Waals surface area contributed by atoms with Crippen LogP contribution in [0.4, 0.5) is 0 Å². The maximum atomic E-state index is 9.81. The van der Waals surface area contributed by atoms with Crippen molar-refractivity contribution in [2.24, 2.45) is 0 Å². The Morgan fingerprint density at radius 2 is 1.89 bits per heavy atom. The van der Waals surface area contributed by atoms with Crippen molar-refractivity contribution in [1.29, 1.82) is 0 Å². The molecule has 18 heavy (non-hydrogen) atoms. The van der Waals surface area contributed by atoms with E-state index in [-0.39, 0.29) is 0 Å². The fourth-order valence-electron chi connectivity index (χ4n) is 2.31. The van der Waals surface area contributed by atoms with Gasteiger partial charge in [0.1, 0.15) is 0 Å². The molecule has 0 spiro atoms. The second-order valence-electron chi connectivity index (χ2n) is 5.60. The molecule has 0 bridgehead atoms. The first-order chi connectivity index (χ1) is 8.42. The van der Waals surface area contributed by atoms with Gasteiger partial charge >= 0.3 is 0 Å². The van der Waals surface area contributed by atoms with Crippen LogP contribution < -0.4 is 0 Å². The summed E-state index contributed by atoms with van der Waals surface area (Å²) in [5.74, 6) is 0. The lowest BCUT2D eigenvalue weighted by atomic mass is 10.1. The molecule has 0 saturated carbocycles. The van der Waals surface area contributed by atoms with Gasteiger partial charge in [-0.25, -0.2) is 0 Å². The number of rotatable bonds is 4. The second kappa shape index (κ2) is 6.01. The van der Waals surface area contributed by atoms with Crippen LogP contribution in [0.1, 0.15) is 18.7 Å². The Kier molecular flexibility index (Phi) is 4.83. The van der Waals surface area contributed by atoms with Gasteiger partial charge in [-0.05, 0) is 35.8 Å². The first-order valence-corrected chi connectivity index (χ1v) is 8.00. The first-order valence-electron chi connectivity index (χ1n) is 6.32. The lowest BCUT2D eigenvalue weighted by Gasteiger charge is -2.37. The van der Waals surface area contributed by atoms with Crippen LogP contribution in [-0.4, -0.2) is 53.2 Å². The summed E-state index contributed by atoms with van der Waals surface area (Å²) in [6, 6.07) is 2.20. The zero-order chi connectivity index (χ0) is 13.2. The van der Waals surface area contributed by atoms with Crippen molar-refractivity contribution in [2.45, 2.75) is 26.0 Å². The monoisotopic (exact) mass is 332 g/mol. The highest BCUT2D eigenvalue weighted by atomic mass is 79.9. The van der Waals surface area contributed by atoms with Gasteiger partial charge in [0.25, 0.3) is 0 Å². The van der Waals surface area contributed by atoms with E-state index in [1.165, 1.54) is 9.35 Å². The molecule has 1 aromatic heterocycles. The lowest BCUT2D eigenvalue weighted by molar-refractivity contribution is 0.0168. The van der Waals surface area contributed by atoms with Crippen LogP contribution in [-0.2, 0) is 6.54 Å². The Hall–Kier alpha value is 0.0600. The molecule has 0 unspecified atom stereocenters. The minimum Gasteiger partial charge on any atom is -0.389 e. The van der Waals surface area contributed by atoms with E-state index in [1.807, 2.05) is 25.2 Å². The summed E-state index contributed by atoms with van der Waals surface area (Å²) in [5.41, 5.74) is -0.583. The van der Waals surface area contributed by atoms with Crippen molar-refractivity contribution in [3.8, 4) is 0 Å². The van der Waals surface area contributed by atoms with E-state index in [1.54, 1.807) is 0 Å². The van der Waals surface area contributed by atoms with Gasteiger partial charge in [-0.2, -0.15) is 0 Å². The van der Waals surface area contributed by atoms with Crippen molar-refractivity contribution in [2.75, 3.05) is 32.7 Å². The van der Waals surface area contributed by atoms with Crippen LogP contribution in [0.2, 0.25) is 0 Å². The molecule has 1 fully saturated rings. The Bertz CT molecular complexity index is 381. The van der Waals surface area contributed by atoms with Gasteiger partial charge in [0.2, 0.25) is 0 Å². The molecule has 3 nitrogen and oxygen atoms in total. The van der Waals surface area contributed by atoms with Crippen LogP contribution >= 0.6 is 27.3 Å². The van der Waals surface area contributed by atoms with Crippen LogP contribution in [0.25, 0.3) is 0 Å². The molecule has 1 aromatic rings. The van der Waals surface area contributed by atoms with E-state index in [2.05, 4.69) is 37.2 Å². The molecule has 2 rings (SSSR count). The normalized spacial score (nSPS) is 19.3. The van der Waals surface area contributed by atoms with E-state index < -0.39 is 5.60 Å². The summed E-state index contributed by atoms with van der Waals surface area (Å²) in [6.07, 6.45) is 0. The Morgan fingerprint density at radius 1 is 1.28 bits per heavy atom. The van der Waals surface area contributed by atoms with Crippen molar-refractivity contribution in [3.05, 3.63) is 20.8 Å². The largest absolute Gasteiger partial charge is 0.389 e. The Labute approximate surface area is 122 Å². The fraction of sp³-hybridized carbons (Fsp3) is 0.692. The molecular weight excluding hydrogens is 312 g/mol. The van der Waals surface area contributed by atoms with E-state index in [9.17, 15) is 5.11 Å². The summed E-state index contributed by atoms with van der Waals surface area (Å²) >= 11 is 5.31. The topological polar surface area (TPSA) is 26.7 Å². The van der Waals surface area contributed by atoms with Gasteiger partial charge in [0, 0.05) is 54.0 Å². The Balaban J connectivity index is 1.77. The number of piperazine rings is 1. The second-order valence-corrected chi connectivity index (χ2v) is 7.51. The maximum Gasteiger partial charge on any atom is 0.0718 e. The molecule has 1 aliphatic heterocycles.